The molecule has 9 heteroatoms. The molecule has 0 atom stereocenters. The Morgan fingerprint density at radius 2 is 1.94 bits per heavy atom. The van der Waals surface area contributed by atoms with Crippen molar-refractivity contribution in [2.75, 3.05) is 18.9 Å². The minimum Gasteiger partial charge on any atom is -0.362 e. The second-order valence-corrected chi connectivity index (χ2v) is 10.6. The normalized spacial score (nSPS) is 15.5. The zero-order valence-corrected chi connectivity index (χ0v) is 20.0. The summed E-state index contributed by atoms with van der Waals surface area (Å²) in [5, 5.41) is 4.91. The van der Waals surface area contributed by atoms with Crippen molar-refractivity contribution < 1.29 is 13.2 Å². The summed E-state index contributed by atoms with van der Waals surface area (Å²) >= 11 is 1.69. The summed E-state index contributed by atoms with van der Waals surface area (Å²) in [4.78, 5) is 16.1. The fourth-order valence-corrected chi connectivity index (χ4v) is 5.63. The molecule has 1 N–H and O–H groups in total. The first kappa shape index (κ1) is 22.3. The number of nitrogens with one attached hydrogen (secondary N) is 1. The maximum absolute atomic E-state index is 12.9. The lowest BCUT2D eigenvalue weighted by molar-refractivity contribution is 0.102. The van der Waals surface area contributed by atoms with E-state index in [1.54, 1.807) is 23.5 Å². The number of nitrogens with zero attached hydrogens (tertiary/aromatic N) is 3. The Morgan fingerprint density at radius 1 is 1.19 bits per heavy atom. The van der Waals surface area contributed by atoms with Crippen LogP contribution in [0.25, 0.3) is 0 Å². The second kappa shape index (κ2) is 8.91. The van der Waals surface area contributed by atoms with Crippen LogP contribution in [0.1, 0.15) is 39.5 Å². The number of amidine groups is 1. The highest BCUT2D eigenvalue weighted by Gasteiger charge is 2.21. The van der Waals surface area contributed by atoms with Crippen molar-refractivity contribution in [3.63, 3.8) is 0 Å². The van der Waals surface area contributed by atoms with Gasteiger partial charge in [-0.3, -0.25) is 4.79 Å². The van der Waals surface area contributed by atoms with Crippen LogP contribution >= 0.6 is 11.3 Å². The number of rotatable bonds is 6. The molecule has 1 aliphatic heterocycles. The first-order chi connectivity index (χ1) is 15.2. The number of benzene rings is 1. The van der Waals surface area contributed by atoms with E-state index in [1.807, 2.05) is 43.3 Å². The van der Waals surface area contributed by atoms with Gasteiger partial charge in [0.15, 0.2) is 0 Å². The Morgan fingerprint density at radius 3 is 2.56 bits per heavy atom. The third kappa shape index (κ3) is 4.63. The number of anilines is 1. The molecule has 0 spiro atoms. The molecule has 1 fully saturated rings. The lowest BCUT2D eigenvalue weighted by Gasteiger charge is -2.11. The number of aromatic nitrogens is 1. The molecule has 1 aliphatic rings. The van der Waals surface area contributed by atoms with Crippen molar-refractivity contribution in [1.82, 2.24) is 9.47 Å². The van der Waals surface area contributed by atoms with E-state index in [-0.39, 0.29) is 10.8 Å². The summed E-state index contributed by atoms with van der Waals surface area (Å²) in [7, 11) is -1.93. The third-order valence-electron chi connectivity index (χ3n) is 5.68. The van der Waals surface area contributed by atoms with Gasteiger partial charge in [-0.25, -0.2) is 0 Å². The molecular weight excluding hydrogens is 444 g/mol. The maximum atomic E-state index is 12.9. The number of amides is 1. The zero-order chi connectivity index (χ0) is 22.9. The van der Waals surface area contributed by atoms with Crippen LogP contribution in [0.5, 0.6) is 0 Å². The number of hydrogen-bond acceptors (Lipinski definition) is 4. The van der Waals surface area contributed by atoms with Crippen molar-refractivity contribution in [3.05, 3.63) is 69.7 Å². The van der Waals surface area contributed by atoms with E-state index in [1.165, 1.54) is 17.0 Å². The summed E-state index contributed by atoms with van der Waals surface area (Å²) in [6.45, 7) is 5.46. The first-order valence-electron chi connectivity index (χ1n) is 10.4. The Kier molecular flexibility index (Phi) is 6.21. The Bertz CT molecular complexity index is 1260. The molecule has 168 valence electrons. The highest BCUT2D eigenvalue weighted by molar-refractivity contribution is 7.90. The van der Waals surface area contributed by atoms with Crippen molar-refractivity contribution >= 4 is 38.8 Å². The van der Waals surface area contributed by atoms with Crippen LogP contribution in [0.3, 0.4) is 0 Å². The van der Waals surface area contributed by atoms with Gasteiger partial charge in [0, 0.05) is 42.0 Å². The summed E-state index contributed by atoms with van der Waals surface area (Å²) < 4.78 is 31.3. The summed E-state index contributed by atoms with van der Waals surface area (Å²) in [5.74, 6) is 0.360. The number of thiophene rings is 1. The third-order valence-corrected chi connectivity index (χ3v) is 7.86. The average molecular weight is 471 g/mol. The predicted octanol–water partition coefficient (Wildman–Crippen LogP) is 4.28. The SMILES string of the molecule is Cc1cc(C(=O)Nc2ccc(S(=O)(=O)N=C3CCCN3C)cc2)c(C)n1Cc1cccs1. The van der Waals surface area contributed by atoms with E-state index in [2.05, 4.69) is 20.3 Å². The molecule has 2 aromatic heterocycles. The fraction of sp³-hybridized carbons (Fsp3) is 0.304. The molecule has 0 bridgehead atoms. The van der Waals surface area contributed by atoms with Gasteiger partial charge in [0.25, 0.3) is 15.9 Å². The maximum Gasteiger partial charge on any atom is 0.283 e. The van der Waals surface area contributed by atoms with Crippen LogP contribution in [0.2, 0.25) is 0 Å². The minimum absolute atomic E-state index is 0.109. The van der Waals surface area contributed by atoms with Gasteiger partial charge in [-0.15, -0.1) is 15.7 Å². The molecule has 0 saturated carbocycles. The topological polar surface area (TPSA) is 83.8 Å². The van der Waals surface area contributed by atoms with Gasteiger partial charge in [0.05, 0.1) is 17.0 Å². The van der Waals surface area contributed by atoms with E-state index in [4.69, 9.17) is 0 Å². The van der Waals surface area contributed by atoms with Gasteiger partial charge in [0.1, 0.15) is 5.84 Å². The molecule has 7 nitrogen and oxygen atoms in total. The highest BCUT2D eigenvalue weighted by Crippen LogP contribution is 2.22. The Hall–Kier alpha value is -2.91. The zero-order valence-electron chi connectivity index (χ0n) is 18.3. The number of likely N-dealkylation sites (tertiary alicyclic amines) is 1. The van der Waals surface area contributed by atoms with Crippen molar-refractivity contribution in [2.45, 2.75) is 38.1 Å². The molecule has 3 heterocycles. The largest absolute Gasteiger partial charge is 0.362 e. The summed E-state index contributed by atoms with van der Waals surface area (Å²) in [6, 6.07) is 12.1. The lowest BCUT2D eigenvalue weighted by atomic mass is 10.2. The van der Waals surface area contributed by atoms with Crippen molar-refractivity contribution in [3.8, 4) is 0 Å². The molecule has 1 amide bonds. The van der Waals surface area contributed by atoms with Crippen LogP contribution < -0.4 is 5.32 Å². The Labute approximate surface area is 192 Å². The van der Waals surface area contributed by atoms with E-state index < -0.39 is 10.0 Å². The molecule has 1 saturated heterocycles. The first-order valence-corrected chi connectivity index (χ1v) is 12.7. The van der Waals surface area contributed by atoms with Crippen LogP contribution in [0.15, 0.2) is 57.1 Å². The van der Waals surface area contributed by atoms with Crippen molar-refractivity contribution in [1.29, 1.82) is 0 Å². The summed E-state index contributed by atoms with van der Waals surface area (Å²) in [5.41, 5.74) is 3.04. The Balaban J connectivity index is 1.49. The van der Waals surface area contributed by atoms with Gasteiger partial charge in [-0.05, 0) is 62.0 Å². The van der Waals surface area contributed by atoms with E-state index in [0.29, 0.717) is 23.5 Å². The minimum atomic E-state index is -3.78. The van der Waals surface area contributed by atoms with Crippen LogP contribution in [-0.2, 0) is 16.6 Å². The number of hydrogen-bond donors (Lipinski definition) is 1. The molecular formula is C23H26N4O3S2. The van der Waals surface area contributed by atoms with Crippen LogP contribution in [-0.4, -0.2) is 43.2 Å². The average Bonchev–Trinajstić information content (AvgIpc) is 3.47. The van der Waals surface area contributed by atoms with Gasteiger partial charge < -0.3 is 14.8 Å². The van der Waals surface area contributed by atoms with Gasteiger partial charge in [0.2, 0.25) is 0 Å². The summed E-state index contributed by atoms with van der Waals surface area (Å²) in [6.07, 6.45) is 1.57. The standard InChI is InChI=1S/C23H26N4O3S2/c1-16-14-21(17(2)27(16)15-19-6-5-13-31-19)23(28)24-18-8-10-20(11-9-18)32(29,30)25-22-7-4-12-26(22)3/h5-6,8-11,13-14H,4,7,12,15H2,1-3H3,(H,24,28). The molecule has 1 aromatic carbocycles. The number of carbonyl (C=O) groups is 1. The smallest absolute Gasteiger partial charge is 0.283 e. The van der Waals surface area contributed by atoms with Crippen molar-refractivity contribution in [2.24, 2.45) is 4.40 Å². The fourth-order valence-electron chi connectivity index (χ4n) is 3.84. The predicted molar refractivity (Wildman–Crippen MR) is 128 cm³/mol. The number of carbonyl (C=O) groups excluding carboxylic acids is 1. The van der Waals surface area contributed by atoms with Crippen LogP contribution in [0, 0.1) is 13.8 Å². The van der Waals surface area contributed by atoms with Gasteiger partial charge >= 0.3 is 0 Å². The molecule has 3 aromatic rings. The molecule has 0 radical (unpaired) electrons. The quantitative estimate of drug-likeness (QED) is 0.583. The van der Waals surface area contributed by atoms with Crippen LogP contribution in [0.4, 0.5) is 5.69 Å². The molecule has 0 unspecified atom stereocenters. The second-order valence-electron chi connectivity index (χ2n) is 7.94. The monoisotopic (exact) mass is 470 g/mol. The highest BCUT2D eigenvalue weighted by atomic mass is 32.2. The number of aryl methyl sites for hydroxylation is 1. The van der Waals surface area contributed by atoms with Gasteiger partial charge in [-0.1, -0.05) is 6.07 Å². The van der Waals surface area contributed by atoms with E-state index >= 15 is 0 Å². The van der Waals surface area contributed by atoms with E-state index in [9.17, 15) is 13.2 Å². The molecule has 32 heavy (non-hydrogen) atoms. The van der Waals surface area contributed by atoms with Gasteiger partial charge in [-0.2, -0.15) is 8.42 Å². The molecule has 4 rings (SSSR count). The lowest BCUT2D eigenvalue weighted by Crippen LogP contribution is -2.20. The van der Waals surface area contributed by atoms with E-state index in [0.717, 1.165) is 30.9 Å². The molecule has 0 aliphatic carbocycles. The number of sulfonamides is 1.